The van der Waals surface area contributed by atoms with Gasteiger partial charge in [0.05, 0.1) is 0 Å². The van der Waals surface area contributed by atoms with Gasteiger partial charge in [-0.3, -0.25) is 0 Å². The summed E-state index contributed by atoms with van der Waals surface area (Å²) in [5.41, 5.74) is 0.721. The number of alkyl halides is 2. The van der Waals surface area contributed by atoms with E-state index < -0.39 is 0 Å². The Hall–Kier alpha value is 0.250. The van der Waals surface area contributed by atoms with Gasteiger partial charge in [-0.05, 0) is 25.7 Å². The molecular formula is C10H16Cl2N. The molecule has 13 heavy (non-hydrogen) atoms. The zero-order valence-electron chi connectivity index (χ0n) is 7.89. The van der Waals surface area contributed by atoms with Gasteiger partial charge in [0.25, 0.3) is 0 Å². The van der Waals surface area contributed by atoms with E-state index in [1.165, 1.54) is 0 Å². The SMILES string of the molecule is CCCC(=N)C1C(Cl)[CH]CCC1Cl. The Morgan fingerprint density at radius 2 is 2.23 bits per heavy atom. The number of hydrogen-bond donors (Lipinski definition) is 1. The Labute approximate surface area is 90.3 Å². The van der Waals surface area contributed by atoms with Crippen LogP contribution in [0.25, 0.3) is 0 Å². The average Bonchev–Trinajstić information content (AvgIpc) is 2.04. The topological polar surface area (TPSA) is 23.9 Å². The molecule has 1 radical (unpaired) electrons. The fourth-order valence-corrected chi connectivity index (χ4v) is 2.75. The summed E-state index contributed by atoms with van der Waals surface area (Å²) in [5.74, 6) is 0.0667. The molecule has 3 heteroatoms. The third-order valence-electron chi connectivity index (χ3n) is 2.49. The van der Waals surface area contributed by atoms with E-state index in [1.807, 2.05) is 0 Å². The number of nitrogens with one attached hydrogen (secondary N) is 1. The van der Waals surface area contributed by atoms with Crippen molar-refractivity contribution in [2.24, 2.45) is 5.92 Å². The molecule has 3 unspecified atom stereocenters. The van der Waals surface area contributed by atoms with Gasteiger partial charge in [-0.25, -0.2) is 0 Å². The van der Waals surface area contributed by atoms with E-state index in [-0.39, 0.29) is 16.7 Å². The predicted octanol–water partition coefficient (Wildman–Crippen LogP) is 3.64. The highest BCUT2D eigenvalue weighted by Crippen LogP contribution is 2.33. The molecule has 1 fully saturated rings. The van der Waals surface area contributed by atoms with Crippen LogP contribution in [0.15, 0.2) is 0 Å². The van der Waals surface area contributed by atoms with E-state index >= 15 is 0 Å². The molecule has 1 saturated carbocycles. The van der Waals surface area contributed by atoms with E-state index in [2.05, 4.69) is 13.3 Å². The van der Waals surface area contributed by atoms with Crippen molar-refractivity contribution in [2.45, 2.75) is 43.4 Å². The molecule has 1 rings (SSSR count). The minimum Gasteiger partial charge on any atom is -0.309 e. The van der Waals surface area contributed by atoms with Gasteiger partial charge >= 0.3 is 0 Å². The summed E-state index contributed by atoms with van der Waals surface area (Å²) in [4.78, 5) is 0. The summed E-state index contributed by atoms with van der Waals surface area (Å²) in [6.07, 6.45) is 5.85. The molecule has 0 aliphatic heterocycles. The lowest BCUT2D eigenvalue weighted by Gasteiger charge is -2.31. The number of hydrogen-bond acceptors (Lipinski definition) is 1. The van der Waals surface area contributed by atoms with Crippen LogP contribution in [0.5, 0.6) is 0 Å². The standard InChI is InChI=1S/C10H16Cl2N/c1-2-4-9(13)10-7(11)5-3-6-8(10)12/h5,7-8,10,13H,2-4,6H2,1H3. The van der Waals surface area contributed by atoms with Crippen LogP contribution in [0.1, 0.15) is 32.6 Å². The monoisotopic (exact) mass is 220 g/mol. The summed E-state index contributed by atoms with van der Waals surface area (Å²) in [6, 6.07) is 0. The molecule has 0 heterocycles. The molecule has 0 amide bonds. The fraction of sp³-hybridized carbons (Fsp3) is 0.800. The predicted molar refractivity (Wildman–Crippen MR) is 58.9 cm³/mol. The summed E-state index contributed by atoms with van der Waals surface area (Å²) in [6.45, 7) is 2.08. The van der Waals surface area contributed by atoms with E-state index in [9.17, 15) is 0 Å². The highest BCUT2D eigenvalue weighted by molar-refractivity contribution is 6.27. The second-order valence-corrected chi connectivity index (χ2v) is 4.64. The van der Waals surface area contributed by atoms with Crippen molar-refractivity contribution in [1.82, 2.24) is 0 Å². The van der Waals surface area contributed by atoms with Gasteiger partial charge in [-0.15, -0.1) is 23.2 Å². The minimum absolute atomic E-state index is 0.0321. The van der Waals surface area contributed by atoms with Gasteiger partial charge in [-0.2, -0.15) is 0 Å². The molecule has 0 spiro atoms. The minimum atomic E-state index is -0.0321. The first kappa shape index (κ1) is 11.3. The molecule has 1 aliphatic rings. The van der Waals surface area contributed by atoms with E-state index in [1.54, 1.807) is 0 Å². The Morgan fingerprint density at radius 1 is 1.54 bits per heavy atom. The zero-order valence-corrected chi connectivity index (χ0v) is 9.41. The Balaban J connectivity index is 2.57. The first-order valence-electron chi connectivity index (χ1n) is 4.85. The Kier molecular flexibility index (Phi) is 4.54. The van der Waals surface area contributed by atoms with Gasteiger partial charge in [0, 0.05) is 22.4 Å². The first-order chi connectivity index (χ1) is 6.16. The van der Waals surface area contributed by atoms with Gasteiger partial charge in [0.15, 0.2) is 0 Å². The molecule has 0 aromatic heterocycles. The smallest absolute Gasteiger partial charge is 0.0461 e. The molecular weight excluding hydrogens is 205 g/mol. The van der Waals surface area contributed by atoms with Crippen LogP contribution in [-0.2, 0) is 0 Å². The molecule has 0 bridgehead atoms. The Bertz CT molecular complexity index is 172. The summed E-state index contributed by atoms with van der Waals surface area (Å²) < 4.78 is 0. The van der Waals surface area contributed by atoms with Gasteiger partial charge in [0.2, 0.25) is 0 Å². The second kappa shape index (κ2) is 5.21. The molecule has 0 aromatic carbocycles. The Morgan fingerprint density at radius 3 is 2.77 bits per heavy atom. The highest BCUT2D eigenvalue weighted by atomic mass is 35.5. The first-order valence-corrected chi connectivity index (χ1v) is 5.73. The molecule has 0 saturated heterocycles. The van der Waals surface area contributed by atoms with Crippen LogP contribution in [0, 0.1) is 17.7 Å². The van der Waals surface area contributed by atoms with Crippen molar-refractivity contribution >= 4 is 28.9 Å². The van der Waals surface area contributed by atoms with Crippen LogP contribution < -0.4 is 0 Å². The molecule has 1 N–H and O–H groups in total. The highest BCUT2D eigenvalue weighted by Gasteiger charge is 2.33. The molecule has 0 aromatic rings. The number of rotatable bonds is 3. The molecule has 1 nitrogen and oxygen atoms in total. The van der Waals surface area contributed by atoms with Crippen LogP contribution >= 0.6 is 23.2 Å². The van der Waals surface area contributed by atoms with Crippen molar-refractivity contribution in [3.8, 4) is 0 Å². The second-order valence-electron chi connectivity index (χ2n) is 3.57. The van der Waals surface area contributed by atoms with Crippen LogP contribution in [-0.4, -0.2) is 16.5 Å². The van der Waals surface area contributed by atoms with Gasteiger partial charge < -0.3 is 5.41 Å². The molecule has 75 valence electrons. The molecule has 1 aliphatic carbocycles. The number of halogens is 2. The maximum absolute atomic E-state index is 7.86. The zero-order chi connectivity index (χ0) is 9.84. The van der Waals surface area contributed by atoms with Crippen molar-refractivity contribution in [3.05, 3.63) is 6.42 Å². The van der Waals surface area contributed by atoms with Gasteiger partial charge in [-0.1, -0.05) is 13.3 Å². The van der Waals surface area contributed by atoms with Crippen molar-refractivity contribution < 1.29 is 0 Å². The third-order valence-corrected chi connectivity index (χ3v) is 3.43. The van der Waals surface area contributed by atoms with E-state index in [4.69, 9.17) is 28.6 Å². The van der Waals surface area contributed by atoms with E-state index in [0.29, 0.717) is 0 Å². The lowest BCUT2D eigenvalue weighted by molar-refractivity contribution is 0.520. The van der Waals surface area contributed by atoms with Crippen LogP contribution in [0.2, 0.25) is 0 Å². The van der Waals surface area contributed by atoms with Crippen molar-refractivity contribution in [2.75, 3.05) is 0 Å². The van der Waals surface area contributed by atoms with Crippen LogP contribution in [0.3, 0.4) is 0 Å². The normalized spacial score (nSPS) is 34.5. The third kappa shape index (κ3) is 2.85. The summed E-state index contributed by atoms with van der Waals surface area (Å²) in [5, 5.41) is 7.88. The van der Waals surface area contributed by atoms with Crippen LogP contribution in [0.4, 0.5) is 0 Å². The lowest BCUT2D eigenvalue weighted by Crippen LogP contribution is -2.36. The average molecular weight is 221 g/mol. The fourth-order valence-electron chi connectivity index (χ4n) is 1.79. The van der Waals surface area contributed by atoms with Crippen molar-refractivity contribution in [1.29, 1.82) is 5.41 Å². The molecule has 3 atom stereocenters. The van der Waals surface area contributed by atoms with E-state index in [0.717, 1.165) is 31.4 Å². The van der Waals surface area contributed by atoms with Crippen molar-refractivity contribution in [3.63, 3.8) is 0 Å². The van der Waals surface area contributed by atoms with Gasteiger partial charge in [0.1, 0.15) is 0 Å². The quantitative estimate of drug-likeness (QED) is 0.555. The maximum Gasteiger partial charge on any atom is 0.0461 e. The lowest BCUT2D eigenvalue weighted by atomic mass is 9.83. The largest absolute Gasteiger partial charge is 0.309 e. The maximum atomic E-state index is 7.86. The summed E-state index contributed by atoms with van der Waals surface area (Å²) >= 11 is 12.3. The summed E-state index contributed by atoms with van der Waals surface area (Å²) in [7, 11) is 0.